The number of thiophene rings is 1. The second-order valence-corrected chi connectivity index (χ2v) is 5.41. The van der Waals surface area contributed by atoms with Crippen molar-refractivity contribution >= 4 is 17.2 Å². The molecule has 0 aliphatic heterocycles. The van der Waals surface area contributed by atoms with Crippen molar-refractivity contribution in [2.45, 2.75) is 6.18 Å². The van der Waals surface area contributed by atoms with Crippen molar-refractivity contribution < 1.29 is 22.8 Å². The molecule has 2 rings (SSSR count). The second-order valence-electron chi connectivity index (χ2n) is 4.33. The van der Waals surface area contributed by atoms with Gasteiger partial charge in [0.05, 0.1) is 16.4 Å². The molecule has 3 N–H and O–H groups in total. The molecule has 22 heavy (non-hydrogen) atoms. The molecule has 2 aromatic heterocycles. The van der Waals surface area contributed by atoms with Crippen LogP contribution < -0.4 is 11.2 Å². The van der Waals surface area contributed by atoms with Crippen LogP contribution in [0.3, 0.4) is 0 Å². The molecule has 10 heteroatoms. The topological polar surface area (TPSA) is 82.2 Å². The average Bonchev–Trinajstić information content (AvgIpc) is 3.04. The van der Waals surface area contributed by atoms with Gasteiger partial charge in [-0.25, -0.2) is 5.90 Å². The van der Waals surface area contributed by atoms with Crippen LogP contribution in [0, 0.1) is 0 Å². The molecule has 0 fully saturated rings. The van der Waals surface area contributed by atoms with Crippen LogP contribution in [0.25, 0.3) is 10.6 Å². The first-order valence-electron chi connectivity index (χ1n) is 6.14. The third kappa shape index (κ3) is 3.64. The summed E-state index contributed by atoms with van der Waals surface area (Å²) >= 11 is 1.06. The van der Waals surface area contributed by atoms with Crippen LogP contribution in [-0.4, -0.2) is 28.8 Å². The summed E-state index contributed by atoms with van der Waals surface area (Å²) < 4.78 is 39.0. The molecule has 1 amide bonds. The number of hydrogen-bond donors (Lipinski definition) is 2. The van der Waals surface area contributed by atoms with Gasteiger partial charge in [-0.3, -0.25) is 9.48 Å². The van der Waals surface area contributed by atoms with E-state index in [1.54, 1.807) is 6.07 Å². The SMILES string of the molecule is Cn1nc(-c2ccc(C(=O)NCCON)s2)cc1C(F)(F)F. The highest BCUT2D eigenvalue weighted by atomic mass is 32.1. The maximum atomic E-state index is 12.7. The van der Waals surface area contributed by atoms with Gasteiger partial charge in [0.15, 0.2) is 0 Å². The zero-order valence-corrected chi connectivity index (χ0v) is 12.3. The van der Waals surface area contributed by atoms with Crippen molar-refractivity contribution in [3.05, 3.63) is 28.8 Å². The van der Waals surface area contributed by atoms with Gasteiger partial charge >= 0.3 is 6.18 Å². The lowest BCUT2D eigenvalue weighted by Crippen LogP contribution is -2.27. The molecule has 0 bridgehead atoms. The number of halogens is 3. The predicted octanol–water partition coefficient (Wildman–Crippen LogP) is 1.79. The lowest BCUT2D eigenvalue weighted by molar-refractivity contribution is -0.143. The monoisotopic (exact) mass is 334 g/mol. The predicted molar refractivity (Wildman–Crippen MR) is 74.0 cm³/mol. The first-order chi connectivity index (χ1) is 10.3. The minimum Gasteiger partial charge on any atom is -0.349 e. The summed E-state index contributed by atoms with van der Waals surface area (Å²) in [6.45, 7) is 0.406. The number of nitrogens with two attached hydrogens (primary N) is 1. The number of carbonyl (C=O) groups excluding carboxylic acids is 1. The van der Waals surface area contributed by atoms with E-state index in [9.17, 15) is 18.0 Å². The van der Waals surface area contributed by atoms with Crippen LogP contribution in [0.5, 0.6) is 0 Å². The Morgan fingerprint density at radius 1 is 1.50 bits per heavy atom. The summed E-state index contributed by atoms with van der Waals surface area (Å²) in [6, 6.07) is 4.04. The Hall–Kier alpha value is -1.91. The third-order valence-electron chi connectivity index (χ3n) is 2.76. The molecule has 2 aromatic rings. The Bertz CT molecular complexity index is 666. The zero-order valence-electron chi connectivity index (χ0n) is 11.5. The molecule has 0 radical (unpaired) electrons. The van der Waals surface area contributed by atoms with Gasteiger partial charge < -0.3 is 10.2 Å². The Balaban J connectivity index is 2.16. The van der Waals surface area contributed by atoms with E-state index in [0.29, 0.717) is 9.75 Å². The third-order valence-corrected chi connectivity index (χ3v) is 3.86. The van der Waals surface area contributed by atoms with E-state index in [0.717, 1.165) is 22.1 Å². The minimum atomic E-state index is -4.47. The van der Waals surface area contributed by atoms with Gasteiger partial charge in [-0.2, -0.15) is 18.3 Å². The number of aromatic nitrogens is 2. The van der Waals surface area contributed by atoms with E-state index in [1.807, 2.05) is 0 Å². The van der Waals surface area contributed by atoms with E-state index < -0.39 is 11.9 Å². The summed E-state index contributed by atoms with van der Waals surface area (Å²) in [4.78, 5) is 17.0. The molecule has 0 saturated carbocycles. The lowest BCUT2D eigenvalue weighted by Gasteiger charge is -2.04. The molecule has 120 valence electrons. The molecular formula is C12H13F3N4O2S. The highest BCUT2D eigenvalue weighted by Gasteiger charge is 2.35. The number of hydrogen-bond acceptors (Lipinski definition) is 5. The van der Waals surface area contributed by atoms with Crippen molar-refractivity contribution in [2.24, 2.45) is 12.9 Å². The van der Waals surface area contributed by atoms with E-state index >= 15 is 0 Å². The van der Waals surface area contributed by atoms with Gasteiger partial charge in [0.2, 0.25) is 0 Å². The van der Waals surface area contributed by atoms with Crippen LogP contribution in [0.2, 0.25) is 0 Å². The van der Waals surface area contributed by atoms with Gasteiger partial charge in [-0.15, -0.1) is 11.3 Å². The molecule has 0 atom stereocenters. The number of nitrogens with zero attached hydrogens (tertiary/aromatic N) is 2. The highest BCUT2D eigenvalue weighted by molar-refractivity contribution is 7.17. The van der Waals surface area contributed by atoms with Gasteiger partial charge in [0.1, 0.15) is 11.4 Å². The normalized spacial score (nSPS) is 11.7. The maximum absolute atomic E-state index is 12.7. The van der Waals surface area contributed by atoms with E-state index in [-0.39, 0.29) is 24.8 Å². The van der Waals surface area contributed by atoms with Crippen LogP contribution in [0.4, 0.5) is 13.2 Å². The van der Waals surface area contributed by atoms with Crippen molar-refractivity contribution in [1.82, 2.24) is 15.1 Å². The average molecular weight is 334 g/mol. The van der Waals surface area contributed by atoms with Crippen LogP contribution in [0.15, 0.2) is 18.2 Å². The largest absolute Gasteiger partial charge is 0.433 e. The molecule has 0 saturated heterocycles. The fourth-order valence-corrected chi connectivity index (χ4v) is 2.64. The Kier molecular flexibility index (Phi) is 4.84. The molecule has 0 spiro atoms. The standard InChI is InChI=1S/C12H13F3N4O2S/c1-19-10(12(13,14)15)6-7(18-19)8-2-3-9(22-8)11(20)17-4-5-21-16/h2-3,6H,4-5,16H2,1H3,(H,17,20). The first-order valence-corrected chi connectivity index (χ1v) is 6.96. The van der Waals surface area contributed by atoms with Crippen molar-refractivity contribution in [3.63, 3.8) is 0 Å². The first kappa shape index (κ1) is 16.5. The molecule has 0 aromatic carbocycles. The molecule has 0 aliphatic rings. The summed E-state index contributed by atoms with van der Waals surface area (Å²) in [7, 11) is 1.22. The number of rotatable bonds is 5. The number of aryl methyl sites for hydroxylation is 1. The highest BCUT2D eigenvalue weighted by Crippen LogP contribution is 2.34. The molecule has 6 nitrogen and oxygen atoms in total. The van der Waals surface area contributed by atoms with Gasteiger partial charge in [-0.05, 0) is 18.2 Å². The molecule has 0 unspecified atom stereocenters. The molecule has 0 aliphatic carbocycles. The fraction of sp³-hybridized carbons (Fsp3) is 0.333. The molecule has 2 heterocycles. The fourth-order valence-electron chi connectivity index (χ4n) is 1.76. The van der Waals surface area contributed by atoms with E-state index in [2.05, 4.69) is 15.3 Å². The number of alkyl halides is 3. The smallest absolute Gasteiger partial charge is 0.349 e. The summed E-state index contributed by atoms with van der Waals surface area (Å²) in [6.07, 6.45) is -4.47. The van der Waals surface area contributed by atoms with Crippen molar-refractivity contribution in [2.75, 3.05) is 13.2 Å². The zero-order chi connectivity index (χ0) is 16.3. The Morgan fingerprint density at radius 3 is 2.82 bits per heavy atom. The summed E-state index contributed by atoms with van der Waals surface area (Å²) in [5.41, 5.74) is -0.675. The van der Waals surface area contributed by atoms with Crippen LogP contribution in [0.1, 0.15) is 15.4 Å². The number of amides is 1. The Morgan fingerprint density at radius 2 is 2.23 bits per heavy atom. The molecular weight excluding hydrogens is 321 g/mol. The van der Waals surface area contributed by atoms with Crippen LogP contribution in [-0.2, 0) is 18.1 Å². The van der Waals surface area contributed by atoms with Gasteiger partial charge in [-0.1, -0.05) is 0 Å². The minimum absolute atomic E-state index is 0.166. The lowest BCUT2D eigenvalue weighted by atomic mass is 10.3. The quantitative estimate of drug-likeness (QED) is 0.645. The number of nitrogens with one attached hydrogen (secondary N) is 1. The van der Waals surface area contributed by atoms with Crippen LogP contribution >= 0.6 is 11.3 Å². The van der Waals surface area contributed by atoms with Crippen molar-refractivity contribution in [3.8, 4) is 10.6 Å². The van der Waals surface area contributed by atoms with Gasteiger partial charge in [0, 0.05) is 13.6 Å². The van der Waals surface area contributed by atoms with Gasteiger partial charge in [0.25, 0.3) is 5.91 Å². The summed E-state index contributed by atoms with van der Waals surface area (Å²) in [5.74, 6) is 4.49. The maximum Gasteiger partial charge on any atom is 0.433 e. The van der Waals surface area contributed by atoms with E-state index in [4.69, 9.17) is 5.90 Å². The Labute approximate surface area is 127 Å². The van der Waals surface area contributed by atoms with E-state index in [1.165, 1.54) is 13.1 Å². The van der Waals surface area contributed by atoms with Crippen molar-refractivity contribution in [1.29, 1.82) is 0 Å². The second kappa shape index (κ2) is 6.46. The summed E-state index contributed by atoms with van der Waals surface area (Å²) in [5, 5.41) is 6.40. The number of carbonyl (C=O) groups is 1.